The van der Waals surface area contributed by atoms with Gasteiger partial charge in [-0.2, -0.15) is 0 Å². The summed E-state index contributed by atoms with van der Waals surface area (Å²) < 4.78 is 13.3. The zero-order valence-corrected chi connectivity index (χ0v) is 9.35. The van der Waals surface area contributed by atoms with Crippen LogP contribution in [0.1, 0.15) is 35.2 Å². The molecule has 2 heterocycles. The van der Waals surface area contributed by atoms with E-state index in [4.69, 9.17) is 0 Å². The number of hydrogen-bond acceptors (Lipinski definition) is 4. The van der Waals surface area contributed by atoms with Crippen molar-refractivity contribution in [2.45, 2.75) is 18.8 Å². The Kier molecular flexibility index (Phi) is 2.51. The lowest BCUT2D eigenvalue weighted by molar-refractivity contribution is 0.101. The second-order valence-electron chi connectivity index (χ2n) is 4.13. The Morgan fingerprint density at radius 2 is 2.33 bits per heavy atom. The number of nitrogens with one attached hydrogen (secondary N) is 2. The third-order valence-corrected chi connectivity index (χ3v) is 2.69. The van der Waals surface area contributed by atoms with Gasteiger partial charge in [-0.15, -0.1) is 5.10 Å². The summed E-state index contributed by atoms with van der Waals surface area (Å²) in [4.78, 5) is 19.5. The minimum absolute atomic E-state index is 0.0214. The molecule has 0 spiro atoms. The monoisotopic (exact) mass is 247 g/mol. The molecule has 0 saturated heterocycles. The second kappa shape index (κ2) is 4.17. The number of hydrogen-bond donors (Lipinski definition) is 2. The van der Waals surface area contributed by atoms with E-state index in [1.165, 1.54) is 12.3 Å². The average molecular weight is 247 g/mol. The first-order chi connectivity index (χ1) is 8.74. The van der Waals surface area contributed by atoms with Crippen LogP contribution in [0, 0.1) is 5.82 Å². The summed E-state index contributed by atoms with van der Waals surface area (Å²) in [7, 11) is 0. The molecule has 0 bridgehead atoms. The molecule has 92 valence electrons. The van der Waals surface area contributed by atoms with Crippen LogP contribution < -0.4 is 5.32 Å². The molecule has 1 fully saturated rings. The number of carbonyl (C=O) groups is 1. The number of aromatic amines is 1. The first-order valence-electron chi connectivity index (χ1n) is 5.57. The third-order valence-electron chi connectivity index (χ3n) is 2.69. The molecule has 0 radical (unpaired) electrons. The van der Waals surface area contributed by atoms with Crippen LogP contribution in [0.4, 0.5) is 10.1 Å². The molecule has 2 aromatic rings. The van der Waals surface area contributed by atoms with Crippen molar-refractivity contribution >= 4 is 11.6 Å². The van der Waals surface area contributed by atoms with Crippen LogP contribution in [0.3, 0.4) is 0 Å². The van der Waals surface area contributed by atoms with E-state index in [-0.39, 0.29) is 11.5 Å². The summed E-state index contributed by atoms with van der Waals surface area (Å²) in [5.74, 6) is -0.00720. The summed E-state index contributed by atoms with van der Waals surface area (Å²) in [6.07, 6.45) is 4.56. The van der Waals surface area contributed by atoms with Gasteiger partial charge in [-0.25, -0.2) is 9.37 Å². The van der Waals surface area contributed by atoms with Crippen LogP contribution in [0.15, 0.2) is 18.5 Å². The molecular weight excluding hydrogens is 237 g/mol. The normalized spacial score (nSPS) is 14.5. The van der Waals surface area contributed by atoms with E-state index < -0.39 is 11.7 Å². The van der Waals surface area contributed by atoms with Crippen molar-refractivity contribution in [1.82, 2.24) is 20.2 Å². The summed E-state index contributed by atoms with van der Waals surface area (Å²) in [6, 6.07) is 1.38. The van der Waals surface area contributed by atoms with E-state index in [2.05, 4.69) is 25.5 Å². The van der Waals surface area contributed by atoms with Crippen LogP contribution in [-0.4, -0.2) is 26.1 Å². The molecular formula is C11H10FN5O. The number of H-pyrrole nitrogens is 1. The highest BCUT2D eigenvalue weighted by Crippen LogP contribution is 2.37. The van der Waals surface area contributed by atoms with Crippen LogP contribution in [0.25, 0.3) is 0 Å². The Morgan fingerprint density at radius 3 is 3.06 bits per heavy atom. The number of anilines is 1. The van der Waals surface area contributed by atoms with Gasteiger partial charge in [-0.3, -0.25) is 14.9 Å². The Hall–Kier alpha value is -2.31. The minimum atomic E-state index is -0.594. The van der Waals surface area contributed by atoms with Crippen molar-refractivity contribution in [2.24, 2.45) is 0 Å². The highest BCUT2D eigenvalue weighted by Gasteiger charge is 2.28. The van der Waals surface area contributed by atoms with E-state index >= 15 is 0 Å². The largest absolute Gasteiger partial charge is 0.317 e. The molecule has 7 heteroatoms. The molecule has 1 aliphatic rings. The predicted molar refractivity (Wildman–Crippen MR) is 60.5 cm³/mol. The van der Waals surface area contributed by atoms with Gasteiger partial charge in [0, 0.05) is 12.1 Å². The van der Waals surface area contributed by atoms with Crippen molar-refractivity contribution in [3.05, 3.63) is 35.9 Å². The lowest BCUT2D eigenvalue weighted by Crippen LogP contribution is -2.14. The number of rotatable bonds is 3. The third kappa shape index (κ3) is 2.06. The lowest BCUT2D eigenvalue weighted by atomic mass is 10.3. The van der Waals surface area contributed by atoms with Crippen LogP contribution >= 0.6 is 0 Å². The standard InChI is InChI=1S/C11H10FN5O/c12-7-5-13-4-3-8(7)14-11(18)10-15-9(16-17-10)6-1-2-6/h3-6H,1-2H2,(H,13,14,18)(H,15,16,17). The zero-order chi connectivity index (χ0) is 12.5. The maximum absolute atomic E-state index is 13.3. The summed E-state index contributed by atoms with van der Waals surface area (Å²) in [5, 5.41) is 8.94. The molecule has 0 atom stereocenters. The van der Waals surface area contributed by atoms with E-state index in [1.807, 2.05) is 0 Å². The molecule has 3 rings (SSSR count). The van der Waals surface area contributed by atoms with E-state index in [0.29, 0.717) is 5.92 Å². The predicted octanol–water partition coefficient (Wildman–Crippen LogP) is 1.47. The highest BCUT2D eigenvalue weighted by atomic mass is 19.1. The molecule has 18 heavy (non-hydrogen) atoms. The molecule has 1 saturated carbocycles. The van der Waals surface area contributed by atoms with Crippen LogP contribution in [0.5, 0.6) is 0 Å². The Labute approximate surface area is 102 Å². The highest BCUT2D eigenvalue weighted by molar-refractivity contribution is 6.01. The van der Waals surface area contributed by atoms with Crippen molar-refractivity contribution in [1.29, 1.82) is 0 Å². The number of pyridine rings is 1. The summed E-state index contributed by atoms with van der Waals surface area (Å²) in [6.45, 7) is 0. The molecule has 0 aliphatic heterocycles. The quantitative estimate of drug-likeness (QED) is 0.860. The molecule has 2 aromatic heterocycles. The van der Waals surface area contributed by atoms with Gasteiger partial charge in [0.1, 0.15) is 5.82 Å². The van der Waals surface area contributed by atoms with Gasteiger partial charge in [-0.1, -0.05) is 0 Å². The first-order valence-corrected chi connectivity index (χ1v) is 5.57. The smallest absolute Gasteiger partial charge is 0.295 e. The maximum atomic E-state index is 13.3. The average Bonchev–Trinajstić information content (AvgIpc) is 3.10. The first kappa shape index (κ1) is 10.8. The number of amides is 1. The Bertz CT molecular complexity index is 593. The molecule has 1 aliphatic carbocycles. The van der Waals surface area contributed by atoms with E-state index in [1.54, 1.807) is 0 Å². The summed E-state index contributed by atoms with van der Waals surface area (Å²) in [5.41, 5.74) is 0.0628. The van der Waals surface area contributed by atoms with Crippen molar-refractivity contribution in [3.63, 3.8) is 0 Å². The van der Waals surface area contributed by atoms with Gasteiger partial charge in [0.25, 0.3) is 5.91 Å². The Morgan fingerprint density at radius 1 is 1.50 bits per heavy atom. The summed E-state index contributed by atoms with van der Waals surface area (Å²) >= 11 is 0. The van der Waals surface area contributed by atoms with Gasteiger partial charge in [0.2, 0.25) is 5.82 Å². The maximum Gasteiger partial charge on any atom is 0.295 e. The molecule has 0 aromatic carbocycles. The van der Waals surface area contributed by atoms with Crippen LogP contribution in [0.2, 0.25) is 0 Å². The number of aromatic nitrogens is 4. The SMILES string of the molecule is O=C(Nc1ccncc1F)c1n[nH]c(C2CC2)n1. The fraction of sp³-hybridized carbons (Fsp3) is 0.273. The fourth-order valence-electron chi connectivity index (χ4n) is 1.57. The van der Waals surface area contributed by atoms with Gasteiger partial charge in [-0.05, 0) is 18.9 Å². The van der Waals surface area contributed by atoms with Gasteiger partial charge in [0.05, 0.1) is 11.9 Å². The number of halogens is 1. The fourth-order valence-corrected chi connectivity index (χ4v) is 1.57. The molecule has 2 N–H and O–H groups in total. The van der Waals surface area contributed by atoms with Crippen molar-refractivity contribution in [3.8, 4) is 0 Å². The minimum Gasteiger partial charge on any atom is -0.317 e. The van der Waals surface area contributed by atoms with E-state index in [0.717, 1.165) is 24.9 Å². The van der Waals surface area contributed by atoms with Gasteiger partial charge < -0.3 is 5.32 Å². The second-order valence-corrected chi connectivity index (χ2v) is 4.13. The molecule has 1 amide bonds. The number of nitrogens with zero attached hydrogens (tertiary/aromatic N) is 3. The van der Waals surface area contributed by atoms with Crippen molar-refractivity contribution < 1.29 is 9.18 Å². The van der Waals surface area contributed by atoms with Crippen molar-refractivity contribution in [2.75, 3.05) is 5.32 Å². The van der Waals surface area contributed by atoms with Gasteiger partial charge >= 0.3 is 0 Å². The van der Waals surface area contributed by atoms with Crippen LogP contribution in [-0.2, 0) is 0 Å². The Balaban J connectivity index is 1.76. The molecule has 0 unspecified atom stereocenters. The number of carbonyl (C=O) groups excluding carboxylic acids is 1. The topological polar surface area (TPSA) is 83.6 Å². The lowest BCUT2D eigenvalue weighted by Gasteiger charge is -2.02. The van der Waals surface area contributed by atoms with Gasteiger partial charge in [0.15, 0.2) is 5.82 Å². The zero-order valence-electron chi connectivity index (χ0n) is 9.35. The van der Waals surface area contributed by atoms with E-state index in [9.17, 15) is 9.18 Å². The molecule has 6 nitrogen and oxygen atoms in total.